The first-order valence-corrected chi connectivity index (χ1v) is 11.6. The molecule has 3 aromatic carbocycles. The third-order valence-corrected chi connectivity index (χ3v) is 6.26. The quantitative estimate of drug-likeness (QED) is 0.505. The van der Waals surface area contributed by atoms with E-state index in [1.54, 1.807) is 19.2 Å². The number of hydrogen-bond acceptors (Lipinski definition) is 4. The highest BCUT2D eigenvalue weighted by Crippen LogP contribution is 2.33. The molecule has 0 aromatic heterocycles. The highest BCUT2D eigenvalue weighted by molar-refractivity contribution is 5.88. The first kappa shape index (κ1) is 23.4. The Morgan fingerprint density at radius 3 is 2.26 bits per heavy atom. The van der Waals surface area contributed by atoms with Crippen molar-refractivity contribution in [2.45, 2.75) is 31.7 Å². The number of carboxylic acid groups (broad SMARTS) is 1. The predicted molar refractivity (Wildman–Crippen MR) is 133 cm³/mol. The summed E-state index contributed by atoms with van der Waals surface area (Å²) >= 11 is 0. The molecule has 0 saturated carbocycles. The van der Waals surface area contributed by atoms with Crippen LogP contribution >= 0.6 is 0 Å². The Bertz CT molecular complexity index is 1120. The lowest BCUT2D eigenvalue weighted by atomic mass is 9.95. The number of aromatic carboxylic acids is 1. The lowest BCUT2D eigenvalue weighted by molar-refractivity contribution is -0.120. The van der Waals surface area contributed by atoms with E-state index in [0.29, 0.717) is 0 Å². The van der Waals surface area contributed by atoms with E-state index in [9.17, 15) is 9.59 Å². The molecule has 1 amide bonds. The Kier molecular flexibility index (Phi) is 7.48. The zero-order valence-electron chi connectivity index (χ0n) is 19.4. The van der Waals surface area contributed by atoms with Gasteiger partial charge in [0, 0.05) is 24.3 Å². The molecule has 0 aliphatic carbocycles. The summed E-state index contributed by atoms with van der Waals surface area (Å²) in [4.78, 5) is 26.7. The maximum Gasteiger partial charge on any atom is 0.335 e. The molecule has 6 heteroatoms. The van der Waals surface area contributed by atoms with Gasteiger partial charge in [-0.25, -0.2) is 4.79 Å². The second kappa shape index (κ2) is 10.9. The number of rotatable bonds is 8. The largest absolute Gasteiger partial charge is 0.497 e. The van der Waals surface area contributed by atoms with E-state index in [1.807, 2.05) is 36.4 Å². The van der Waals surface area contributed by atoms with E-state index in [4.69, 9.17) is 9.84 Å². The number of para-hydroxylation sites is 1. The molecule has 1 aliphatic rings. The topological polar surface area (TPSA) is 78.9 Å². The Morgan fingerprint density at radius 2 is 1.62 bits per heavy atom. The number of carbonyl (C=O) groups excluding carboxylic acids is 1. The first-order chi connectivity index (χ1) is 16.5. The summed E-state index contributed by atoms with van der Waals surface area (Å²) in [5, 5.41) is 12.3. The van der Waals surface area contributed by atoms with E-state index in [0.717, 1.165) is 41.2 Å². The van der Waals surface area contributed by atoms with Gasteiger partial charge in [-0.2, -0.15) is 0 Å². The number of anilines is 1. The molecule has 176 valence electrons. The minimum atomic E-state index is -0.982. The van der Waals surface area contributed by atoms with Gasteiger partial charge in [-0.3, -0.25) is 4.79 Å². The van der Waals surface area contributed by atoms with Crippen molar-refractivity contribution in [1.82, 2.24) is 5.32 Å². The smallest absolute Gasteiger partial charge is 0.335 e. The number of benzene rings is 3. The molecular formula is C28H30N2O4. The SMILES string of the molecule is COc1ccc(C(NC(=O)Cc2ccc(C(=O)O)cc2)c2ccccc2N2CCCCC2)cc1. The van der Waals surface area contributed by atoms with E-state index >= 15 is 0 Å². The summed E-state index contributed by atoms with van der Waals surface area (Å²) in [6.45, 7) is 2.02. The Labute approximate surface area is 200 Å². The molecule has 0 spiro atoms. The molecule has 4 rings (SSSR count). The summed E-state index contributed by atoms with van der Waals surface area (Å²) in [7, 11) is 1.63. The number of hydrogen-bond donors (Lipinski definition) is 2. The second-order valence-corrected chi connectivity index (χ2v) is 8.56. The molecule has 0 bridgehead atoms. The van der Waals surface area contributed by atoms with Crippen molar-refractivity contribution in [3.8, 4) is 5.75 Å². The fourth-order valence-electron chi connectivity index (χ4n) is 4.45. The lowest BCUT2D eigenvalue weighted by Crippen LogP contribution is -2.34. The zero-order valence-corrected chi connectivity index (χ0v) is 19.4. The summed E-state index contributed by atoms with van der Waals surface area (Å²) in [5.41, 5.74) is 4.15. The van der Waals surface area contributed by atoms with Crippen LogP contribution in [0.3, 0.4) is 0 Å². The van der Waals surface area contributed by atoms with Crippen LogP contribution < -0.4 is 15.0 Å². The van der Waals surface area contributed by atoms with Gasteiger partial charge >= 0.3 is 5.97 Å². The number of nitrogens with zero attached hydrogens (tertiary/aromatic N) is 1. The minimum Gasteiger partial charge on any atom is -0.497 e. The highest BCUT2D eigenvalue weighted by Gasteiger charge is 2.23. The van der Waals surface area contributed by atoms with Crippen LogP contribution in [0.4, 0.5) is 5.69 Å². The maximum absolute atomic E-state index is 13.1. The normalized spacial score (nSPS) is 14.3. The van der Waals surface area contributed by atoms with E-state index in [2.05, 4.69) is 22.3 Å². The second-order valence-electron chi connectivity index (χ2n) is 8.56. The van der Waals surface area contributed by atoms with Crippen LogP contribution in [0, 0.1) is 0 Å². The lowest BCUT2D eigenvalue weighted by Gasteiger charge is -2.33. The van der Waals surface area contributed by atoms with Gasteiger partial charge < -0.3 is 20.1 Å². The third kappa shape index (κ3) is 5.57. The molecule has 1 fully saturated rings. The summed E-state index contributed by atoms with van der Waals surface area (Å²) in [6, 6.07) is 22.2. The van der Waals surface area contributed by atoms with Crippen LogP contribution in [0.2, 0.25) is 0 Å². The van der Waals surface area contributed by atoms with Gasteiger partial charge in [-0.05, 0) is 60.7 Å². The van der Waals surface area contributed by atoms with Crippen molar-refractivity contribution >= 4 is 17.6 Å². The molecule has 34 heavy (non-hydrogen) atoms. The minimum absolute atomic E-state index is 0.127. The third-order valence-electron chi connectivity index (χ3n) is 6.26. The molecule has 1 heterocycles. The van der Waals surface area contributed by atoms with Gasteiger partial charge in [0.25, 0.3) is 0 Å². The number of methoxy groups -OCH3 is 1. The van der Waals surface area contributed by atoms with Crippen molar-refractivity contribution in [1.29, 1.82) is 0 Å². The fraction of sp³-hybridized carbons (Fsp3) is 0.286. The number of nitrogens with one attached hydrogen (secondary N) is 1. The molecule has 1 aliphatic heterocycles. The Morgan fingerprint density at radius 1 is 0.941 bits per heavy atom. The van der Waals surface area contributed by atoms with Gasteiger partial charge in [0.2, 0.25) is 5.91 Å². The van der Waals surface area contributed by atoms with Crippen molar-refractivity contribution in [2.24, 2.45) is 0 Å². The van der Waals surface area contributed by atoms with Gasteiger partial charge in [0.05, 0.1) is 25.1 Å². The molecule has 1 saturated heterocycles. The van der Waals surface area contributed by atoms with Crippen LogP contribution in [-0.4, -0.2) is 37.2 Å². The summed E-state index contributed by atoms with van der Waals surface area (Å²) < 4.78 is 5.32. The Hall–Kier alpha value is -3.80. The summed E-state index contributed by atoms with van der Waals surface area (Å²) in [6.07, 6.45) is 3.75. The molecule has 1 atom stereocenters. The first-order valence-electron chi connectivity index (χ1n) is 11.6. The van der Waals surface area contributed by atoms with Gasteiger partial charge in [-0.1, -0.05) is 42.5 Å². The molecule has 1 unspecified atom stereocenters. The van der Waals surface area contributed by atoms with E-state index < -0.39 is 5.97 Å². The van der Waals surface area contributed by atoms with Crippen LogP contribution in [-0.2, 0) is 11.2 Å². The average Bonchev–Trinajstić information content (AvgIpc) is 2.88. The van der Waals surface area contributed by atoms with Crippen molar-refractivity contribution < 1.29 is 19.4 Å². The molecular weight excluding hydrogens is 428 g/mol. The van der Waals surface area contributed by atoms with Crippen molar-refractivity contribution in [2.75, 3.05) is 25.1 Å². The van der Waals surface area contributed by atoms with Crippen molar-refractivity contribution in [3.05, 3.63) is 95.1 Å². The van der Waals surface area contributed by atoms with Crippen LogP contribution in [0.5, 0.6) is 5.75 Å². The number of carbonyl (C=O) groups is 2. The average molecular weight is 459 g/mol. The highest BCUT2D eigenvalue weighted by atomic mass is 16.5. The molecule has 0 radical (unpaired) electrons. The molecule has 2 N–H and O–H groups in total. The van der Waals surface area contributed by atoms with E-state index in [-0.39, 0.29) is 23.9 Å². The molecule has 6 nitrogen and oxygen atoms in total. The van der Waals surface area contributed by atoms with Gasteiger partial charge in [0.15, 0.2) is 0 Å². The van der Waals surface area contributed by atoms with Gasteiger partial charge in [0.1, 0.15) is 5.75 Å². The fourth-order valence-corrected chi connectivity index (χ4v) is 4.45. The van der Waals surface area contributed by atoms with Crippen LogP contribution in [0.15, 0.2) is 72.8 Å². The van der Waals surface area contributed by atoms with Gasteiger partial charge in [-0.15, -0.1) is 0 Å². The number of amides is 1. The predicted octanol–water partition coefficient (Wildman–Crippen LogP) is 4.83. The summed E-state index contributed by atoms with van der Waals surface area (Å²) in [5.74, 6) is -0.348. The number of piperidine rings is 1. The number of ether oxygens (including phenoxy) is 1. The zero-order chi connectivity index (χ0) is 23.9. The van der Waals surface area contributed by atoms with Crippen LogP contribution in [0.25, 0.3) is 0 Å². The standard InChI is InChI=1S/C28H30N2O4/c1-34-23-15-13-21(14-16-23)27(24-7-3-4-8-25(24)30-17-5-2-6-18-30)29-26(31)19-20-9-11-22(12-10-20)28(32)33/h3-4,7-16,27H,2,5-6,17-19H2,1H3,(H,29,31)(H,32,33). The Balaban J connectivity index is 1.62. The van der Waals surface area contributed by atoms with Crippen molar-refractivity contribution in [3.63, 3.8) is 0 Å². The maximum atomic E-state index is 13.1. The van der Waals surface area contributed by atoms with E-state index in [1.165, 1.54) is 31.4 Å². The monoisotopic (exact) mass is 458 g/mol. The molecule has 3 aromatic rings. The van der Waals surface area contributed by atoms with Crippen LogP contribution in [0.1, 0.15) is 52.4 Å². The number of carboxylic acids is 1.